The Morgan fingerprint density at radius 3 is 2.69 bits per heavy atom. The van der Waals surface area contributed by atoms with E-state index in [1.54, 1.807) is 18.2 Å². The number of aliphatic hydroxyl groups excluding tert-OH is 1. The van der Waals surface area contributed by atoms with Crippen LogP contribution < -0.4 is 5.32 Å². The van der Waals surface area contributed by atoms with Crippen molar-refractivity contribution in [3.05, 3.63) is 58.7 Å². The molecule has 0 radical (unpaired) electrons. The second kappa shape index (κ2) is 12.0. The highest BCUT2D eigenvalue weighted by Gasteiger charge is 2.39. The van der Waals surface area contributed by atoms with E-state index in [0.717, 1.165) is 28.7 Å². The molecule has 1 aromatic rings. The van der Waals surface area contributed by atoms with Gasteiger partial charge in [0.1, 0.15) is 0 Å². The molecule has 2 N–H and O–H groups in total. The Balaban J connectivity index is 2.33. The molecule has 1 aliphatic carbocycles. The average Bonchev–Trinajstić information content (AvgIpc) is 2.76. The molecule has 0 heterocycles. The van der Waals surface area contributed by atoms with Crippen LogP contribution in [0.4, 0.5) is 13.2 Å². The van der Waals surface area contributed by atoms with E-state index in [4.69, 9.17) is 4.74 Å². The van der Waals surface area contributed by atoms with Gasteiger partial charge < -0.3 is 15.2 Å². The van der Waals surface area contributed by atoms with Gasteiger partial charge in [-0.1, -0.05) is 43.4 Å². The van der Waals surface area contributed by atoms with E-state index in [1.165, 1.54) is 7.11 Å². The second-order valence-corrected chi connectivity index (χ2v) is 7.98. The molecule has 1 aromatic carbocycles. The van der Waals surface area contributed by atoms with Crippen molar-refractivity contribution in [2.24, 2.45) is 5.92 Å². The van der Waals surface area contributed by atoms with Gasteiger partial charge >= 0.3 is 6.18 Å². The van der Waals surface area contributed by atoms with Gasteiger partial charge in [0.2, 0.25) is 0 Å². The highest BCUT2D eigenvalue weighted by atomic mass is 19.4. The monoisotopic (exact) mass is 451 g/mol. The second-order valence-electron chi connectivity index (χ2n) is 7.98. The van der Waals surface area contributed by atoms with Crippen molar-refractivity contribution in [2.45, 2.75) is 51.7 Å². The lowest BCUT2D eigenvalue weighted by Crippen LogP contribution is -2.41. The quantitative estimate of drug-likeness (QED) is 0.400. The van der Waals surface area contributed by atoms with Crippen molar-refractivity contribution < 1.29 is 27.8 Å². The van der Waals surface area contributed by atoms with Crippen LogP contribution in [0, 0.1) is 12.8 Å². The zero-order valence-electron chi connectivity index (χ0n) is 18.8. The minimum Gasteiger partial charge on any atom is -0.394 e. The first-order chi connectivity index (χ1) is 15.2. The molecule has 0 aromatic heterocycles. The van der Waals surface area contributed by atoms with Gasteiger partial charge in [0.25, 0.3) is 5.91 Å². The first-order valence-corrected chi connectivity index (χ1v) is 10.9. The topological polar surface area (TPSA) is 58.6 Å². The predicted octanol–water partition coefficient (Wildman–Crippen LogP) is 5.21. The van der Waals surface area contributed by atoms with Crippen molar-refractivity contribution in [1.29, 1.82) is 0 Å². The molecule has 0 saturated heterocycles. The molecule has 0 saturated carbocycles. The fourth-order valence-corrected chi connectivity index (χ4v) is 3.75. The van der Waals surface area contributed by atoms with Crippen LogP contribution in [0.3, 0.4) is 0 Å². The molecule has 1 amide bonds. The number of ether oxygens (including phenoxy) is 1. The summed E-state index contributed by atoms with van der Waals surface area (Å²) in [6.45, 7) is 3.82. The fraction of sp³-hybridized carbons (Fsp3) is 0.480. The lowest BCUT2D eigenvalue weighted by molar-refractivity contribution is -0.175. The van der Waals surface area contributed by atoms with E-state index in [1.807, 2.05) is 38.1 Å². The van der Waals surface area contributed by atoms with Crippen molar-refractivity contribution in [3.63, 3.8) is 0 Å². The Hall–Kier alpha value is -2.38. The van der Waals surface area contributed by atoms with Crippen molar-refractivity contribution in [1.82, 2.24) is 5.32 Å². The standard InChI is InChI=1S/C25H32F3NO3/c1-4-5-7-20(24(31)29-22(15-30)16-32-3)14-19-8-6-9-23(17(19)2)18-10-12-21(13-11-18)25(26,27)28/h5-10,14,21-22,30H,4,11-13,15-16H2,1-3H3,(H,29,31)/b7-5+,20-14+. The lowest BCUT2D eigenvalue weighted by Gasteiger charge is -2.25. The molecule has 2 unspecified atom stereocenters. The smallest absolute Gasteiger partial charge is 0.392 e. The molecular formula is C25H32F3NO3. The maximum atomic E-state index is 13.0. The Bertz CT molecular complexity index is 872. The number of halogens is 3. The Labute approximate surface area is 187 Å². The number of alkyl halides is 3. The summed E-state index contributed by atoms with van der Waals surface area (Å²) in [7, 11) is 1.49. The van der Waals surface area contributed by atoms with Crippen LogP contribution in [-0.4, -0.2) is 43.6 Å². The number of carbonyl (C=O) groups is 1. The zero-order chi connectivity index (χ0) is 23.7. The van der Waals surface area contributed by atoms with Gasteiger partial charge in [-0.05, 0) is 60.9 Å². The van der Waals surface area contributed by atoms with Crippen LogP contribution >= 0.6 is 0 Å². The number of carbonyl (C=O) groups excluding carboxylic acids is 1. The average molecular weight is 452 g/mol. The number of methoxy groups -OCH3 is 1. The molecule has 0 fully saturated rings. The molecule has 0 aliphatic heterocycles. The Kier molecular flexibility index (Phi) is 9.72. The summed E-state index contributed by atoms with van der Waals surface area (Å²) in [6.07, 6.45) is 4.10. The summed E-state index contributed by atoms with van der Waals surface area (Å²) in [6, 6.07) is 5.12. The molecule has 2 rings (SSSR count). The maximum absolute atomic E-state index is 13.0. The fourth-order valence-electron chi connectivity index (χ4n) is 3.75. The number of hydrogen-bond acceptors (Lipinski definition) is 3. The van der Waals surface area contributed by atoms with E-state index < -0.39 is 18.1 Å². The minimum atomic E-state index is -4.16. The van der Waals surface area contributed by atoms with Crippen LogP contribution in [0.5, 0.6) is 0 Å². The normalized spacial score (nSPS) is 18.5. The van der Waals surface area contributed by atoms with Gasteiger partial charge in [-0.15, -0.1) is 0 Å². The number of aliphatic hydroxyl groups is 1. The molecular weight excluding hydrogens is 419 g/mol. The summed E-state index contributed by atoms with van der Waals surface area (Å²) in [5, 5.41) is 12.2. The number of hydrogen-bond donors (Lipinski definition) is 2. The van der Waals surface area contributed by atoms with Crippen molar-refractivity contribution in [2.75, 3.05) is 20.3 Å². The summed E-state index contributed by atoms with van der Waals surface area (Å²) < 4.78 is 44.0. The third kappa shape index (κ3) is 7.07. The first-order valence-electron chi connectivity index (χ1n) is 10.9. The lowest BCUT2D eigenvalue weighted by atomic mass is 9.84. The predicted molar refractivity (Wildman–Crippen MR) is 121 cm³/mol. The van der Waals surface area contributed by atoms with Gasteiger partial charge in [0, 0.05) is 12.7 Å². The zero-order valence-corrected chi connectivity index (χ0v) is 18.8. The third-order valence-electron chi connectivity index (χ3n) is 5.63. The van der Waals surface area contributed by atoms with Crippen molar-refractivity contribution in [3.8, 4) is 0 Å². The summed E-state index contributed by atoms with van der Waals surface area (Å²) >= 11 is 0. The highest BCUT2D eigenvalue weighted by molar-refractivity contribution is 6.01. The molecule has 1 aliphatic rings. The molecule has 7 heteroatoms. The highest BCUT2D eigenvalue weighted by Crippen LogP contribution is 2.40. The van der Waals surface area contributed by atoms with Crippen LogP contribution in [0.1, 0.15) is 49.3 Å². The summed E-state index contributed by atoms with van der Waals surface area (Å²) in [5.74, 6) is -1.61. The number of benzene rings is 1. The van der Waals surface area contributed by atoms with E-state index in [2.05, 4.69) is 5.32 Å². The van der Waals surface area contributed by atoms with Gasteiger partial charge in [0.05, 0.1) is 25.2 Å². The molecule has 2 atom stereocenters. The number of allylic oxidation sites excluding steroid dienone is 3. The first kappa shape index (κ1) is 25.9. The number of nitrogens with one attached hydrogen (secondary N) is 1. The summed E-state index contributed by atoms with van der Waals surface area (Å²) in [4.78, 5) is 12.8. The minimum absolute atomic E-state index is 0.00666. The largest absolute Gasteiger partial charge is 0.394 e. The van der Waals surface area contributed by atoms with E-state index in [9.17, 15) is 23.1 Å². The molecule has 4 nitrogen and oxygen atoms in total. The van der Waals surface area contributed by atoms with Crippen LogP contribution in [0.15, 0.2) is 42.0 Å². The number of rotatable bonds is 9. The van der Waals surface area contributed by atoms with Crippen LogP contribution in [0.2, 0.25) is 0 Å². The van der Waals surface area contributed by atoms with Crippen LogP contribution in [0.25, 0.3) is 11.6 Å². The van der Waals surface area contributed by atoms with E-state index in [-0.39, 0.29) is 32.0 Å². The van der Waals surface area contributed by atoms with Crippen molar-refractivity contribution >= 4 is 17.6 Å². The third-order valence-corrected chi connectivity index (χ3v) is 5.63. The number of amides is 1. The van der Waals surface area contributed by atoms with Gasteiger partial charge in [-0.25, -0.2) is 0 Å². The Morgan fingerprint density at radius 1 is 1.38 bits per heavy atom. The SMILES string of the molecule is CC/C=C/C(=C\c1cccc(C2=CCC(C(F)(F)F)CC2)c1C)C(=O)NC(CO)COC. The van der Waals surface area contributed by atoms with Gasteiger partial charge in [-0.2, -0.15) is 13.2 Å². The van der Waals surface area contributed by atoms with Crippen LogP contribution in [-0.2, 0) is 9.53 Å². The van der Waals surface area contributed by atoms with Gasteiger partial charge in [0.15, 0.2) is 0 Å². The molecule has 32 heavy (non-hydrogen) atoms. The molecule has 0 bridgehead atoms. The van der Waals surface area contributed by atoms with E-state index >= 15 is 0 Å². The van der Waals surface area contributed by atoms with E-state index in [0.29, 0.717) is 12.0 Å². The molecule has 0 spiro atoms. The van der Waals surface area contributed by atoms with Gasteiger partial charge in [-0.3, -0.25) is 4.79 Å². The maximum Gasteiger partial charge on any atom is 0.392 e. The Morgan fingerprint density at radius 2 is 2.12 bits per heavy atom. The molecule has 176 valence electrons. The summed E-state index contributed by atoms with van der Waals surface area (Å²) in [5.41, 5.74) is 3.98.